The molecule has 1 radical (unpaired) electrons. The summed E-state index contributed by atoms with van der Waals surface area (Å²) in [6.07, 6.45) is 0.139. The minimum Gasteiger partial charge on any atom is -0.394 e. The van der Waals surface area contributed by atoms with Crippen LogP contribution in [0.4, 0.5) is 0 Å². The van der Waals surface area contributed by atoms with Gasteiger partial charge in [0.15, 0.2) is 0 Å². The van der Waals surface area contributed by atoms with E-state index in [-0.39, 0.29) is 19.3 Å². The van der Waals surface area contributed by atoms with Crippen LogP contribution in [0.15, 0.2) is 0 Å². The predicted octanol–water partition coefficient (Wildman–Crippen LogP) is -0.186. The second-order valence-electron chi connectivity index (χ2n) is 1.53. The molecule has 0 aromatic carbocycles. The molecule has 8 heavy (non-hydrogen) atoms. The van der Waals surface area contributed by atoms with Crippen LogP contribution in [0.1, 0.15) is 6.42 Å². The van der Waals surface area contributed by atoms with E-state index in [0.29, 0.717) is 6.42 Å². The molecule has 0 saturated carbocycles. The summed E-state index contributed by atoms with van der Waals surface area (Å²) < 4.78 is 4.69. The maximum absolute atomic E-state index is 9.87. The van der Waals surface area contributed by atoms with Crippen LogP contribution in [0.5, 0.6) is 0 Å². The molecule has 0 aliphatic rings. The van der Waals surface area contributed by atoms with Gasteiger partial charge in [-0.25, -0.2) is 5.11 Å². The third kappa shape index (κ3) is 2.96. The highest BCUT2D eigenvalue weighted by Crippen LogP contribution is 1.92. The van der Waals surface area contributed by atoms with Crippen LogP contribution in [-0.4, -0.2) is 31.5 Å². The third-order valence-electron chi connectivity index (χ3n) is 0.977. The molecule has 0 aliphatic carbocycles. The van der Waals surface area contributed by atoms with E-state index in [0.717, 1.165) is 0 Å². The van der Waals surface area contributed by atoms with Crippen molar-refractivity contribution in [1.29, 1.82) is 0 Å². The zero-order valence-electron chi connectivity index (χ0n) is 4.96. The molecule has 0 bridgehead atoms. The first kappa shape index (κ1) is 7.88. The lowest BCUT2D eigenvalue weighted by Crippen LogP contribution is -2.16. The van der Waals surface area contributed by atoms with E-state index in [2.05, 4.69) is 4.74 Å². The van der Waals surface area contributed by atoms with Crippen LogP contribution >= 0.6 is 0 Å². The summed E-state index contributed by atoms with van der Waals surface area (Å²) in [5, 5.41) is 18.3. The molecule has 0 heterocycles. The Balaban J connectivity index is 3.07. The molecule has 0 rings (SSSR count). The van der Waals surface area contributed by atoms with Crippen molar-refractivity contribution in [1.82, 2.24) is 0 Å². The summed E-state index contributed by atoms with van der Waals surface area (Å²) in [5.74, 6) is 0. The monoisotopic (exact) mass is 119 g/mol. The lowest BCUT2D eigenvalue weighted by molar-refractivity contribution is 0.0226. The average Bonchev–Trinajstić information content (AvgIpc) is 1.83. The van der Waals surface area contributed by atoms with Crippen molar-refractivity contribution < 1.29 is 14.9 Å². The first-order chi connectivity index (χ1) is 3.85. The molecule has 0 aliphatic heterocycles. The Morgan fingerprint density at radius 2 is 2.38 bits per heavy atom. The van der Waals surface area contributed by atoms with Crippen LogP contribution < -0.4 is 0 Å². The predicted molar refractivity (Wildman–Crippen MR) is 28.1 cm³/mol. The van der Waals surface area contributed by atoms with Gasteiger partial charge in [-0.3, -0.25) is 0 Å². The van der Waals surface area contributed by atoms with Crippen LogP contribution in [-0.2, 0) is 9.84 Å². The molecule has 1 atom stereocenters. The summed E-state index contributed by atoms with van der Waals surface area (Å²) in [4.78, 5) is 0. The summed E-state index contributed by atoms with van der Waals surface area (Å²) in [7, 11) is 1.48. The number of aliphatic hydroxyl groups excluding tert-OH is 1. The molecule has 1 N–H and O–H groups in total. The zero-order valence-corrected chi connectivity index (χ0v) is 4.96. The summed E-state index contributed by atoms with van der Waals surface area (Å²) in [5.41, 5.74) is 0. The van der Waals surface area contributed by atoms with E-state index in [1.54, 1.807) is 0 Å². The van der Waals surface area contributed by atoms with Crippen molar-refractivity contribution >= 4 is 0 Å². The van der Waals surface area contributed by atoms with E-state index in [9.17, 15) is 5.11 Å². The minimum absolute atomic E-state index is 0.0568. The first-order valence-electron chi connectivity index (χ1n) is 2.57. The normalized spacial score (nSPS) is 13.9. The fourth-order valence-corrected chi connectivity index (χ4v) is 0.415. The Morgan fingerprint density at radius 3 is 2.50 bits per heavy atom. The molecule has 1 unspecified atom stereocenters. The Hall–Kier alpha value is -0.120. The van der Waals surface area contributed by atoms with Crippen molar-refractivity contribution in [3.8, 4) is 0 Å². The molecular formula is C5H11O3. The van der Waals surface area contributed by atoms with Gasteiger partial charge < -0.3 is 9.84 Å². The number of hydrogen-bond donors (Lipinski definition) is 1. The lowest BCUT2D eigenvalue weighted by Gasteiger charge is -2.07. The summed E-state index contributed by atoms with van der Waals surface area (Å²) in [6.45, 7) is -0.238. The Bertz CT molecular complexity index is 42.9. The molecular weight excluding hydrogens is 108 g/mol. The highest BCUT2D eigenvalue weighted by Gasteiger charge is 2.02. The zero-order chi connectivity index (χ0) is 6.41. The largest absolute Gasteiger partial charge is 0.394 e. The maximum Gasteiger partial charge on any atom is 0.0847 e. The molecule has 0 spiro atoms. The topological polar surface area (TPSA) is 49.4 Å². The molecule has 3 heteroatoms. The number of aliphatic hydroxyl groups is 1. The molecule has 3 nitrogen and oxygen atoms in total. The molecule has 0 saturated heterocycles. The first-order valence-corrected chi connectivity index (χ1v) is 2.57. The van der Waals surface area contributed by atoms with Gasteiger partial charge in [0.25, 0.3) is 0 Å². The highest BCUT2D eigenvalue weighted by atomic mass is 16.5. The van der Waals surface area contributed by atoms with Gasteiger partial charge in [-0.15, -0.1) is 0 Å². The van der Waals surface area contributed by atoms with E-state index in [4.69, 9.17) is 5.11 Å². The Kier molecular flexibility index (Phi) is 4.95. The van der Waals surface area contributed by atoms with E-state index in [1.165, 1.54) is 7.11 Å². The second kappa shape index (κ2) is 5.03. The molecule has 49 valence electrons. The summed E-state index contributed by atoms with van der Waals surface area (Å²) >= 11 is 0. The van der Waals surface area contributed by atoms with E-state index >= 15 is 0 Å². The van der Waals surface area contributed by atoms with Crippen LogP contribution in [0, 0.1) is 0 Å². The maximum atomic E-state index is 9.87. The van der Waals surface area contributed by atoms with E-state index < -0.39 is 0 Å². The molecule has 0 amide bonds. The van der Waals surface area contributed by atoms with Gasteiger partial charge in [-0.2, -0.15) is 0 Å². The average molecular weight is 119 g/mol. The quantitative estimate of drug-likeness (QED) is 0.557. The number of hydrogen-bond acceptors (Lipinski definition) is 2. The number of rotatable bonds is 4. The third-order valence-corrected chi connectivity index (χ3v) is 0.977. The van der Waals surface area contributed by atoms with Gasteiger partial charge in [0, 0.05) is 13.5 Å². The Labute approximate surface area is 48.9 Å². The second-order valence-corrected chi connectivity index (χ2v) is 1.53. The van der Waals surface area contributed by atoms with Crippen LogP contribution in [0.3, 0.4) is 0 Å². The number of methoxy groups -OCH3 is 1. The van der Waals surface area contributed by atoms with Gasteiger partial charge in [0.2, 0.25) is 0 Å². The van der Waals surface area contributed by atoms with E-state index in [1.807, 2.05) is 0 Å². The molecule has 0 fully saturated rings. The van der Waals surface area contributed by atoms with Crippen molar-refractivity contribution in [2.24, 2.45) is 0 Å². The Morgan fingerprint density at radius 1 is 1.75 bits per heavy atom. The van der Waals surface area contributed by atoms with Gasteiger partial charge in [0.05, 0.1) is 19.3 Å². The highest BCUT2D eigenvalue weighted by molar-refractivity contribution is 4.51. The fourth-order valence-electron chi connectivity index (χ4n) is 0.415. The minimum atomic E-state index is -0.257. The lowest BCUT2D eigenvalue weighted by atomic mass is 10.3. The van der Waals surface area contributed by atoms with Crippen molar-refractivity contribution in [3.63, 3.8) is 0 Å². The van der Waals surface area contributed by atoms with Crippen molar-refractivity contribution in [2.45, 2.75) is 12.5 Å². The fraction of sp³-hybridized carbons (Fsp3) is 1.00. The smallest absolute Gasteiger partial charge is 0.0847 e. The van der Waals surface area contributed by atoms with Crippen molar-refractivity contribution in [3.05, 3.63) is 0 Å². The van der Waals surface area contributed by atoms with Gasteiger partial charge in [0.1, 0.15) is 0 Å². The van der Waals surface area contributed by atoms with Crippen molar-refractivity contribution in [2.75, 3.05) is 20.3 Å². The van der Waals surface area contributed by atoms with Gasteiger partial charge in [-0.1, -0.05) is 0 Å². The molecule has 0 aromatic heterocycles. The van der Waals surface area contributed by atoms with Gasteiger partial charge in [-0.05, 0) is 0 Å². The SMILES string of the molecule is COC(CO)CC[O]. The van der Waals surface area contributed by atoms with Gasteiger partial charge >= 0.3 is 0 Å². The molecule has 0 aromatic rings. The van der Waals surface area contributed by atoms with Crippen LogP contribution in [0.2, 0.25) is 0 Å². The number of ether oxygens (including phenoxy) is 1. The summed E-state index contributed by atoms with van der Waals surface area (Å²) in [6, 6.07) is 0. The standard InChI is InChI=1S/C5H11O3/c1-8-5(4-7)2-3-6/h5,7H,2-4H2,1H3. The van der Waals surface area contributed by atoms with Crippen LogP contribution in [0.25, 0.3) is 0 Å².